The molecule has 0 radical (unpaired) electrons. The molecule has 0 aromatic heterocycles. The van der Waals surface area contributed by atoms with Gasteiger partial charge in [0.2, 0.25) is 5.91 Å². The first-order valence-corrected chi connectivity index (χ1v) is 4.11. The van der Waals surface area contributed by atoms with E-state index in [0.29, 0.717) is 6.42 Å². The second-order valence-corrected chi connectivity index (χ2v) is 2.81. The predicted molar refractivity (Wildman–Crippen MR) is 49.3 cm³/mol. The Kier molecular flexibility index (Phi) is 5.14. The Hall–Kier alpha value is -1.01. The molecule has 68 valence electrons. The Morgan fingerprint density at radius 3 is 2.67 bits per heavy atom. The number of nitrogens with one attached hydrogen (secondary N) is 1. The molecule has 3 N–H and O–H groups in total. The van der Waals surface area contributed by atoms with Crippen LogP contribution in [0.1, 0.15) is 26.7 Å². The summed E-state index contributed by atoms with van der Waals surface area (Å²) in [4.78, 5) is 11.1. The third kappa shape index (κ3) is 3.99. The lowest BCUT2D eigenvalue weighted by molar-refractivity contribution is -0.122. The van der Waals surface area contributed by atoms with Gasteiger partial charge in [-0.3, -0.25) is 4.79 Å². The van der Waals surface area contributed by atoms with Crippen LogP contribution in [-0.4, -0.2) is 18.0 Å². The molecule has 0 bridgehead atoms. The first kappa shape index (κ1) is 11.0. The standard InChI is InChI=1S/C9H16N2O/c1-4-6-8(5-2)11-9(12)7(3)10/h1,7-8H,5-6,10H2,2-3H3,(H,11,12). The number of hydrogen-bond donors (Lipinski definition) is 2. The highest BCUT2D eigenvalue weighted by Gasteiger charge is 2.11. The first-order chi connectivity index (χ1) is 5.61. The zero-order chi connectivity index (χ0) is 9.56. The zero-order valence-corrected chi connectivity index (χ0v) is 7.63. The predicted octanol–water partition coefficient (Wildman–Crippen LogP) is 0.252. The van der Waals surface area contributed by atoms with Gasteiger partial charge in [-0.1, -0.05) is 6.92 Å². The normalized spacial score (nSPS) is 14.5. The number of amides is 1. The molecule has 2 unspecified atom stereocenters. The van der Waals surface area contributed by atoms with Crippen molar-refractivity contribution in [3.05, 3.63) is 0 Å². The summed E-state index contributed by atoms with van der Waals surface area (Å²) in [6, 6.07) is -0.398. The molecule has 1 amide bonds. The van der Waals surface area contributed by atoms with Gasteiger partial charge in [0.05, 0.1) is 6.04 Å². The van der Waals surface area contributed by atoms with Crippen LogP contribution in [0.3, 0.4) is 0 Å². The maximum Gasteiger partial charge on any atom is 0.236 e. The van der Waals surface area contributed by atoms with Crippen molar-refractivity contribution in [1.82, 2.24) is 5.32 Å². The molecule has 0 rings (SSSR count). The molecule has 0 aromatic carbocycles. The molecular weight excluding hydrogens is 152 g/mol. The molecule has 12 heavy (non-hydrogen) atoms. The average Bonchev–Trinajstić information content (AvgIpc) is 2.03. The Labute approximate surface area is 73.7 Å². The van der Waals surface area contributed by atoms with Gasteiger partial charge in [0, 0.05) is 12.5 Å². The topological polar surface area (TPSA) is 55.1 Å². The summed E-state index contributed by atoms with van der Waals surface area (Å²) in [5.41, 5.74) is 5.37. The van der Waals surface area contributed by atoms with Gasteiger partial charge in [-0.05, 0) is 13.3 Å². The van der Waals surface area contributed by atoms with Gasteiger partial charge >= 0.3 is 0 Å². The van der Waals surface area contributed by atoms with Crippen LogP contribution in [0, 0.1) is 12.3 Å². The smallest absolute Gasteiger partial charge is 0.236 e. The molecule has 0 spiro atoms. The third-order valence-corrected chi connectivity index (χ3v) is 1.62. The SMILES string of the molecule is C#CCC(CC)NC(=O)C(C)N. The highest BCUT2D eigenvalue weighted by atomic mass is 16.2. The number of carbonyl (C=O) groups is 1. The van der Waals surface area contributed by atoms with Gasteiger partial charge in [0.15, 0.2) is 0 Å². The molecule has 3 heteroatoms. The molecule has 0 saturated carbocycles. The van der Waals surface area contributed by atoms with Crippen molar-refractivity contribution in [2.45, 2.75) is 38.8 Å². The second-order valence-electron chi connectivity index (χ2n) is 2.81. The summed E-state index contributed by atoms with van der Waals surface area (Å²) in [6.07, 6.45) is 6.52. The maximum absolute atomic E-state index is 11.1. The van der Waals surface area contributed by atoms with E-state index in [0.717, 1.165) is 6.42 Å². The molecule has 0 heterocycles. The number of carbonyl (C=O) groups excluding carboxylic acids is 1. The van der Waals surface area contributed by atoms with Crippen LogP contribution in [-0.2, 0) is 4.79 Å². The Bertz CT molecular complexity index is 181. The highest BCUT2D eigenvalue weighted by molar-refractivity contribution is 5.81. The van der Waals surface area contributed by atoms with Crippen LogP contribution in [0.5, 0.6) is 0 Å². The largest absolute Gasteiger partial charge is 0.351 e. The summed E-state index contributed by atoms with van der Waals surface area (Å²) >= 11 is 0. The zero-order valence-electron chi connectivity index (χ0n) is 7.63. The van der Waals surface area contributed by atoms with Gasteiger partial charge < -0.3 is 11.1 Å². The van der Waals surface area contributed by atoms with Crippen LogP contribution in [0.2, 0.25) is 0 Å². The van der Waals surface area contributed by atoms with Crippen LogP contribution >= 0.6 is 0 Å². The number of rotatable bonds is 4. The van der Waals surface area contributed by atoms with Gasteiger partial charge in [-0.15, -0.1) is 12.3 Å². The van der Waals surface area contributed by atoms with Crippen molar-refractivity contribution in [3.8, 4) is 12.3 Å². The van der Waals surface area contributed by atoms with Crippen molar-refractivity contribution >= 4 is 5.91 Å². The van der Waals surface area contributed by atoms with Gasteiger partial charge in [-0.2, -0.15) is 0 Å². The molecule has 0 aliphatic rings. The van der Waals surface area contributed by atoms with Crippen LogP contribution < -0.4 is 11.1 Å². The molecule has 0 aromatic rings. The van der Waals surface area contributed by atoms with E-state index >= 15 is 0 Å². The third-order valence-electron chi connectivity index (χ3n) is 1.62. The molecule has 2 atom stereocenters. The van der Waals surface area contributed by atoms with E-state index in [4.69, 9.17) is 12.2 Å². The monoisotopic (exact) mass is 168 g/mol. The minimum atomic E-state index is -0.461. The van der Waals surface area contributed by atoms with E-state index in [9.17, 15) is 4.79 Å². The maximum atomic E-state index is 11.1. The van der Waals surface area contributed by atoms with Crippen molar-refractivity contribution in [1.29, 1.82) is 0 Å². The van der Waals surface area contributed by atoms with Crippen LogP contribution in [0.4, 0.5) is 0 Å². The van der Waals surface area contributed by atoms with E-state index in [1.165, 1.54) is 0 Å². The Morgan fingerprint density at radius 2 is 2.33 bits per heavy atom. The van der Waals surface area contributed by atoms with E-state index < -0.39 is 6.04 Å². The number of terminal acetylenes is 1. The van der Waals surface area contributed by atoms with Gasteiger partial charge in [0.1, 0.15) is 0 Å². The van der Waals surface area contributed by atoms with Crippen molar-refractivity contribution in [2.75, 3.05) is 0 Å². The van der Waals surface area contributed by atoms with Crippen molar-refractivity contribution in [3.63, 3.8) is 0 Å². The number of hydrogen-bond acceptors (Lipinski definition) is 2. The quantitative estimate of drug-likeness (QED) is 0.591. The Balaban J connectivity index is 3.87. The van der Waals surface area contributed by atoms with Crippen LogP contribution in [0.25, 0.3) is 0 Å². The molecular formula is C9H16N2O. The summed E-state index contributed by atoms with van der Waals surface area (Å²) in [5, 5.41) is 2.76. The van der Waals surface area contributed by atoms with Crippen molar-refractivity contribution < 1.29 is 4.79 Å². The summed E-state index contributed by atoms with van der Waals surface area (Å²) in [7, 11) is 0. The Morgan fingerprint density at radius 1 is 1.75 bits per heavy atom. The van der Waals surface area contributed by atoms with E-state index in [2.05, 4.69) is 11.2 Å². The fourth-order valence-corrected chi connectivity index (χ4v) is 0.772. The van der Waals surface area contributed by atoms with Gasteiger partial charge in [-0.25, -0.2) is 0 Å². The van der Waals surface area contributed by atoms with Crippen LogP contribution in [0.15, 0.2) is 0 Å². The second kappa shape index (κ2) is 5.62. The fourth-order valence-electron chi connectivity index (χ4n) is 0.772. The lowest BCUT2D eigenvalue weighted by Crippen LogP contribution is -2.43. The average molecular weight is 168 g/mol. The first-order valence-electron chi connectivity index (χ1n) is 4.11. The number of nitrogens with two attached hydrogens (primary N) is 1. The molecule has 3 nitrogen and oxygen atoms in total. The highest BCUT2D eigenvalue weighted by Crippen LogP contribution is 1.95. The molecule has 0 saturated heterocycles. The van der Waals surface area contributed by atoms with E-state index in [1.807, 2.05) is 6.92 Å². The summed E-state index contributed by atoms with van der Waals surface area (Å²) in [6.45, 7) is 3.63. The van der Waals surface area contributed by atoms with Gasteiger partial charge in [0.25, 0.3) is 0 Å². The molecule has 0 aliphatic carbocycles. The lowest BCUT2D eigenvalue weighted by Gasteiger charge is -2.15. The van der Waals surface area contributed by atoms with E-state index in [-0.39, 0.29) is 11.9 Å². The molecule has 0 aliphatic heterocycles. The minimum absolute atomic E-state index is 0.0634. The minimum Gasteiger partial charge on any atom is -0.351 e. The fraction of sp³-hybridized carbons (Fsp3) is 0.667. The summed E-state index contributed by atoms with van der Waals surface area (Å²) < 4.78 is 0. The van der Waals surface area contributed by atoms with Crippen molar-refractivity contribution in [2.24, 2.45) is 5.73 Å². The summed E-state index contributed by atoms with van der Waals surface area (Å²) in [5.74, 6) is 2.37. The molecule has 0 fully saturated rings. The lowest BCUT2D eigenvalue weighted by atomic mass is 10.1. The van der Waals surface area contributed by atoms with E-state index in [1.54, 1.807) is 6.92 Å².